The van der Waals surface area contributed by atoms with Gasteiger partial charge in [0.1, 0.15) is 0 Å². The number of aryl methyl sites for hydroxylation is 1. The van der Waals surface area contributed by atoms with Crippen LogP contribution in [0.25, 0.3) is 0 Å². The summed E-state index contributed by atoms with van der Waals surface area (Å²) in [6, 6.07) is 8.55. The Labute approximate surface area is 108 Å². The highest BCUT2D eigenvalue weighted by molar-refractivity contribution is 5.96. The molecule has 1 fully saturated rings. The van der Waals surface area contributed by atoms with Crippen LogP contribution in [0.4, 0.5) is 0 Å². The van der Waals surface area contributed by atoms with E-state index in [-0.39, 0.29) is 5.91 Å². The van der Waals surface area contributed by atoms with Gasteiger partial charge in [0, 0.05) is 24.7 Å². The maximum absolute atomic E-state index is 12.5. The molecule has 3 heteroatoms. The number of hydrogen-bond donors (Lipinski definition) is 1. The van der Waals surface area contributed by atoms with Gasteiger partial charge < -0.3 is 10.2 Å². The molecular weight excluding hydrogens is 224 g/mol. The number of carbonyl (C=O) groups excluding carboxylic acids is 1. The van der Waals surface area contributed by atoms with E-state index in [0.29, 0.717) is 6.04 Å². The second-order valence-electron chi connectivity index (χ2n) is 5.31. The molecule has 0 aliphatic carbocycles. The Bertz CT molecular complexity index is 438. The highest BCUT2D eigenvalue weighted by atomic mass is 16.2. The molecule has 1 amide bonds. The molecule has 3 nitrogen and oxygen atoms in total. The molecule has 96 valence electrons. The minimum atomic E-state index is 0.219. The third-order valence-corrected chi connectivity index (χ3v) is 4.01. The Hall–Kier alpha value is -1.35. The van der Waals surface area contributed by atoms with E-state index in [1.807, 2.05) is 23.1 Å². The molecule has 18 heavy (non-hydrogen) atoms. The second-order valence-corrected chi connectivity index (χ2v) is 5.31. The van der Waals surface area contributed by atoms with Crippen molar-refractivity contribution in [1.29, 1.82) is 0 Å². The summed E-state index contributed by atoms with van der Waals surface area (Å²) < 4.78 is 0. The van der Waals surface area contributed by atoms with Crippen LogP contribution < -0.4 is 5.32 Å². The molecule has 0 unspecified atom stereocenters. The molecule has 0 bridgehead atoms. The van der Waals surface area contributed by atoms with Crippen LogP contribution in [0.15, 0.2) is 24.3 Å². The molecule has 1 atom stereocenters. The minimum absolute atomic E-state index is 0.219. The monoisotopic (exact) mass is 244 g/mol. The van der Waals surface area contributed by atoms with E-state index in [0.717, 1.165) is 38.0 Å². The van der Waals surface area contributed by atoms with Crippen molar-refractivity contribution in [2.45, 2.75) is 31.7 Å². The Morgan fingerprint density at radius 1 is 1.28 bits per heavy atom. The SMILES string of the molecule is O=C1c2ccccc2CCCN1C[C@@H]1CCCN1. The number of benzene rings is 1. The van der Waals surface area contributed by atoms with Gasteiger partial charge in [0.05, 0.1) is 0 Å². The van der Waals surface area contributed by atoms with Gasteiger partial charge in [0.15, 0.2) is 0 Å². The average molecular weight is 244 g/mol. The van der Waals surface area contributed by atoms with Crippen molar-refractivity contribution in [3.05, 3.63) is 35.4 Å². The fourth-order valence-electron chi connectivity index (χ4n) is 3.03. The van der Waals surface area contributed by atoms with E-state index >= 15 is 0 Å². The number of hydrogen-bond acceptors (Lipinski definition) is 2. The summed E-state index contributed by atoms with van der Waals surface area (Å²) in [5, 5.41) is 3.47. The zero-order valence-electron chi connectivity index (χ0n) is 10.7. The summed E-state index contributed by atoms with van der Waals surface area (Å²) >= 11 is 0. The molecular formula is C15H20N2O. The maximum atomic E-state index is 12.5. The predicted octanol–water partition coefficient (Wildman–Crippen LogP) is 1.83. The first-order chi connectivity index (χ1) is 8.84. The third kappa shape index (κ3) is 2.27. The predicted molar refractivity (Wildman–Crippen MR) is 71.7 cm³/mol. The van der Waals surface area contributed by atoms with Crippen molar-refractivity contribution in [2.24, 2.45) is 0 Å². The van der Waals surface area contributed by atoms with Crippen molar-refractivity contribution in [2.75, 3.05) is 19.6 Å². The van der Waals surface area contributed by atoms with Gasteiger partial charge in [0.25, 0.3) is 5.91 Å². The lowest BCUT2D eigenvalue weighted by Gasteiger charge is -2.24. The van der Waals surface area contributed by atoms with Gasteiger partial charge in [-0.15, -0.1) is 0 Å². The van der Waals surface area contributed by atoms with E-state index in [9.17, 15) is 4.79 Å². The van der Waals surface area contributed by atoms with Crippen LogP contribution in [0.2, 0.25) is 0 Å². The Morgan fingerprint density at radius 3 is 3.00 bits per heavy atom. The number of nitrogens with one attached hydrogen (secondary N) is 1. The molecule has 0 saturated carbocycles. The molecule has 0 radical (unpaired) electrons. The fourth-order valence-corrected chi connectivity index (χ4v) is 3.03. The van der Waals surface area contributed by atoms with Crippen molar-refractivity contribution in [1.82, 2.24) is 10.2 Å². The van der Waals surface area contributed by atoms with Gasteiger partial charge in [0.2, 0.25) is 0 Å². The molecule has 1 aromatic rings. The van der Waals surface area contributed by atoms with Crippen LogP contribution in [-0.4, -0.2) is 36.5 Å². The molecule has 0 aromatic heterocycles. The molecule has 0 spiro atoms. The van der Waals surface area contributed by atoms with Crippen molar-refractivity contribution < 1.29 is 4.79 Å². The van der Waals surface area contributed by atoms with Crippen LogP contribution >= 0.6 is 0 Å². The fraction of sp³-hybridized carbons (Fsp3) is 0.533. The zero-order chi connectivity index (χ0) is 12.4. The van der Waals surface area contributed by atoms with E-state index in [2.05, 4.69) is 11.4 Å². The first kappa shape index (κ1) is 11.7. The van der Waals surface area contributed by atoms with Crippen LogP contribution in [0.3, 0.4) is 0 Å². The number of carbonyl (C=O) groups is 1. The Morgan fingerprint density at radius 2 is 2.17 bits per heavy atom. The topological polar surface area (TPSA) is 32.3 Å². The first-order valence-electron chi connectivity index (χ1n) is 6.95. The molecule has 2 aliphatic heterocycles. The van der Waals surface area contributed by atoms with Crippen molar-refractivity contribution in [3.63, 3.8) is 0 Å². The zero-order valence-corrected chi connectivity index (χ0v) is 10.7. The summed E-state index contributed by atoms with van der Waals surface area (Å²) in [6.07, 6.45) is 4.54. The lowest BCUT2D eigenvalue weighted by molar-refractivity contribution is 0.0747. The molecule has 1 N–H and O–H groups in total. The lowest BCUT2D eigenvalue weighted by atomic mass is 10.0. The van der Waals surface area contributed by atoms with Gasteiger partial charge in [-0.25, -0.2) is 0 Å². The van der Waals surface area contributed by atoms with E-state index < -0.39 is 0 Å². The van der Waals surface area contributed by atoms with E-state index in [4.69, 9.17) is 0 Å². The molecule has 1 saturated heterocycles. The second kappa shape index (κ2) is 5.11. The highest BCUT2D eigenvalue weighted by Gasteiger charge is 2.25. The summed E-state index contributed by atoms with van der Waals surface area (Å²) in [6.45, 7) is 2.86. The van der Waals surface area contributed by atoms with Gasteiger partial charge in [-0.1, -0.05) is 18.2 Å². The first-order valence-corrected chi connectivity index (χ1v) is 6.95. The number of fused-ring (bicyclic) bond motifs is 1. The highest BCUT2D eigenvalue weighted by Crippen LogP contribution is 2.19. The summed E-state index contributed by atoms with van der Waals surface area (Å²) in [5.74, 6) is 0.219. The van der Waals surface area contributed by atoms with Gasteiger partial charge in [-0.3, -0.25) is 4.79 Å². The van der Waals surface area contributed by atoms with E-state index in [1.165, 1.54) is 18.4 Å². The van der Waals surface area contributed by atoms with Crippen LogP contribution in [0.1, 0.15) is 35.2 Å². The molecule has 3 rings (SSSR count). The lowest BCUT2D eigenvalue weighted by Crippen LogP contribution is -2.41. The smallest absolute Gasteiger partial charge is 0.254 e. The van der Waals surface area contributed by atoms with Crippen LogP contribution in [-0.2, 0) is 6.42 Å². The van der Waals surface area contributed by atoms with Crippen LogP contribution in [0, 0.1) is 0 Å². The number of rotatable bonds is 2. The molecule has 2 heterocycles. The normalized spacial score (nSPS) is 23.9. The minimum Gasteiger partial charge on any atom is -0.337 e. The molecule has 1 aromatic carbocycles. The number of nitrogens with zero attached hydrogens (tertiary/aromatic N) is 1. The third-order valence-electron chi connectivity index (χ3n) is 4.01. The quantitative estimate of drug-likeness (QED) is 0.860. The summed E-state index contributed by atoms with van der Waals surface area (Å²) in [7, 11) is 0. The van der Waals surface area contributed by atoms with Crippen molar-refractivity contribution >= 4 is 5.91 Å². The maximum Gasteiger partial charge on any atom is 0.254 e. The van der Waals surface area contributed by atoms with Gasteiger partial charge in [-0.2, -0.15) is 0 Å². The van der Waals surface area contributed by atoms with Gasteiger partial charge >= 0.3 is 0 Å². The summed E-state index contributed by atoms with van der Waals surface area (Å²) in [4.78, 5) is 14.6. The average Bonchev–Trinajstić information content (AvgIpc) is 2.85. The summed E-state index contributed by atoms with van der Waals surface area (Å²) in [5.41, 5.74) is 2.12. The standard InChI is InChI=1S/C15H20N2O/c18-15-14-8-2-1-5-12(14)6-4-10-17(15)11-13-7-3-9-16-13/h1-2,5,8,13,16H,3-4,6-7,9-11H2/t13-/m0/s1. The Kier molecular flexibility index (Phi) is 3.33. The Balaban J connectivity index is 1.78. The van der Waals surface area contributed by atoms with Crippen LogP contribution in [0.5, 0.6) is 0 Å². The largest absolute Gasteiger partial charge is 0.337 e. The van der Waals surface area contributed by atoms with E-state index in [1.54, 1.807) is 0 Å². The van der Waals surface area contributed by atoms with Crippen molar-refractivity contribution in [3.8, 4) is 0 Å². The molecule has 2 aliphatic rings. The number of amides is 1. The van der Waals surface area contributed by atoms with Gasteiger partial charge in [-0.05, 0) is 43.9 Å².